The number of para-hydroxylation sites is 1. The molecule has 0 amide bonds. The number of oxime groups is 1. The van der Waals surface area contributed by atoms with E-state index in [1.807, 2.05) is 6.92 Å². The summed E-state index contributed by atoms with van der Waals surface area (Å²) in [6.07, 6.45) is 4.61. The Morgan fingerprint density at radius 1 is 1.32 bits per heavy atom. The van der Waals surface area contributed by atoms with Gasteiger partial charge in [-0.15, -0.1) is 0 Å². The van der Waals surface area contributed by atoms with Crippen molar-refractivity contribution in [2.75, 3.05) is 19.7 Å². The van der Waals surface area contributed by atoms with Crippen LogP contribution in [-0.2, 0) is 26.5 Å². The molecule has 6 nitrogen and oxygen atoms in total. The largest absolute Gasteiger partial charge is 0.461 e. The summed E-state index contributed by atoms with van der Waals surface area (Å²) in [7, 11) is 0. The molecule has 2 unspecified atom stereocenters. The van der Waals surface area contributed by atoms with E-state index in [9.17, 15) is 4.79 Å². The highest BCUT2D eigenvalue weighted by molar-refractivity contribution is 6.36. The number of hydrogen-bond acceptors (Lipinski definition) is 5. The zero-order chi connectivity index (χ0) is 19.4. The molecule has 1 saturated heterocycles. The van der Waals surface area contributed by atoms with E-state index in [4.69, 9.17) is 9.57 Å². The summed E-state index contributed by atoms with van der Waals surface area (Å²) in [5, 5.41) is 5.62. The molecule has 1 spiro atoms. The molecule has 28 heavy (non-hydrogen) atoms. The van der Waals surface area contributed by atoms with Gasteiger partial charge in [-0.3, -0.25) is 4.90 Å². The van der Waals surface area contributed by atoms with Gasteiger partial charge >= 0.3 is 5.97 Å². The number of nitrogens with one attached hydrogen (secondary N) is 1. The summed E-state index contributed by atoms with van der Waals surface area (Å²) in [5.41, 5.74) is 3.19. The van der Waals surface area contributed by atoms with Gasteiger partial charge in [0.25, 0.3) is 0 Å². The van der Waals surface area contributed by atoms with Crippen molar-refractivity contribution in [1.82, 2.24) is 9.88 Å². The third kappa shape index (κ3) is 2.18. The van der Waals surface area contributed by atoms with E-state index in [2.05, 4.69) is 46.2 Å². The fourth-order valence-corrected chi connectivity index (χ4v) is 5.71. The zero-order valence-corrected chi connectivity index (χ0v) is 16.6. The van der Waals surface area contributed by atoms with Crippen molar-refractivity contribution in [2.45, 2.75) is 51.7 Å². The van der Waals surface area contributed by atoms with Gasteiger partial charge < -0.3 is 14.6 Å². The maximum Gasteiger partial charge on any atom is 0.356 e. The lowest BCUT2D eigenvalue weighted by molar-refractivity contribution is -0.274. The third-order valence-electron chi connectivity index (χ3n) is 7.01. The second-order valence-corrected chi connectivity index (χ2v) is 8.17. The summed E-state index contributed by atoms with van der Waals surface area (Å²) < 4.78 is 5.23. The van der Waals surface area contributed by atoms with Crippen LogP contribution in [0.5, 0.6) is 0 Å². The predicted octanol–water partition coefficient (Wildman–Crippen LogP) is 3.71. The molecule has 3 aliphatic rings. The Morgan fingerprint density at radius 2 is 2.18 bits per heavy atom. The first kappa shape index (κ1) is 17.7. The molecule has 5 rings (SSSR count). The molecule has 6 heteroatoms. The van der Waals surface area contributed by atoms with Crippen LogP contribution in [-0.4, -0.2) is 41.3 Å². The van der Waals surface area contributed by atoms with E-state index >= 15 is 0 Å². The number of esters is 1. The smallest absolute Gasteiger partial charge is 0.356 e. The lowest BCUT2D eigenvalue weighted by Crippen LogP contribution is -2.66. The van der Waals surface area contributed by atoms with Gasteiger partial charge in [0.05, 0.1) is 12.3 Å². The fraction of sp³-hybridized carbons (Fsp3) is 0.545. The van der Waals surface area contributed by atoms with E-state index in [1.54, 1.807) is 0 Å². The molecule has 0 saturated carbocycles. The highest BCUT2D eigenvalue weighted by atomic mass is 16.7. The van der Waals surface area contributed by atoms with Crippen LogP contribution in [0.3, 0.4) is 0 Å². The normalized spacial score (nSPS) is 29.3. The maximum atomic E-state index is 12.4. The number of ether oxygens (including phenoxy) is 1. The van der Waals surface area contributed by atoms with Gasteiger partial charge in [-0.25, -0.2) is 4.79 Å². The Labute approximate surface area is 164 Å². The highest BCUT2D eigenvalue weighted by Gasteiger charge is 2.65. The summed E-state index contributed by atoms with van der Waals surface area (Å²) in [4.78, 5) is 24.9. The Hall–Kier alpha value is -2.34. The van der Waals surface area contributed by atoms with E-state index < -0.39 is 5.72 Å². The lowest BCUT2D eigenvalue weighted by atomic mass is 9.62. The van der Waals surface area contributed by atoms with Gasteiger partial charge in [-0.2, -0.15) is 0 Å². The number of carbonyl (C=O) groups excluding carboxylic acids is 1. The topological polar surface area (TPSA) is 66.9 Å². The van der Waals surface area contributed by atoms with Gasteiger partial charge in [-0.1, -0.05) is 30.3 Å². The molecule has 148 valence electrons. The summed E-state index contributed by atoms with van der Waals surface area (Å²) >= 11 is 0. The number of piperidine rings is 1. The Bertz CT molecular complexity index is 965. The number of hydrogen-bond donors (Lipinski definition) is 1. The van der Waals surface area contributed by atoms with Crippen LogP contribution in [0, 0.1) is 5.41 Å². The summed E-state index contributed by atoms with van der Waals surface area (Å²) in [5.74, 6) is -0.352. The van der Waals surface area contributed by atoms with E-state index in [-0.39, 0.29) is 11.4 Å². The number of carbonyl (C=O) groups is 1. The van der Waals surface area contributed by atoms with Crippen LogP contribution in [0.4, 0.5) is 0 Å². The molecule has 1 fully saturated rings. The van der Waals surface area contributed by atoms with Crippen molar-refractivity contribution in [1.29, 1.82) is 0 Å². The van der Waals surface area contributed by atoms with E-state index in [1.165, 1.54) is 10.9 Å². The summed E-state index contributed by atoms with van der Waals surface area (Å²) in [6.45, 7) is 6.31. The van der Waals surface area contributed by atoms with Crippen molar-refractivity contribution >= 4 is 22.6 Å². The quantitative estimate of drug-likeness (QED) is 0.823. The number of aromatic nitrogens is 1. The number of fused-ring (bicyclic) bond motifs is 3. The van der Waals surface area contributed by atoms with E-state index in [0.717, 1.165) is 50.0 Å². The second kappa shape index (κ2) is 6.34. The van der Waals surface area contributed by atoms with Crippen LogP contribution in [0.15, 0.2) is 29.4 Å². The van der Waals surface area contributed by atoms with Crippen molar-refractivity contribution in [3.63, 3.8) is 0 Å². The highest BCUT2D eigenvalue weighted by Crippen LogP contribution is 2.60. The fourth-order valence-electron chi connectivity index (χ4n) is 5.71. The van der Waals surface area contributed by atoms with Gasteiger partial charge in [0, 0.05) is 35.8 Å². The van der Waals surface area contributed by atoms with E-state index in [0.29, 0.717) is 18.7 Å². The molecule has 1 aromatic heterocycles. The van der Waals surface area contributed by atoms with Crippen LogP contribution < -0.4 is 0 Å². The molecule has 2 atom stereocenters. The van der Waals surface area contributed by atoms with Crippen molar-refractivity contribution in [3.8, 4) is 0 Å². The average Bonchev–Trinajstić information content (AvgIpc) is 3.12. The van der Waals surface area contributed by atoms with Gasteiger partial charge in [0.15, 0.2) is 5.71 Å². The first-order valence-electron chi connectivity index (χ1n) is 10.4. The molecular weight excluding hydrogens is 354 g/mol. The minimum Gasteiger partial charge on any atom is -0.461 e. The molecule has 0 bridgehead atoms. The number of nitrogens with zero attached hydrogens (tertiary/aromatic N) is 2. The molecular formula is C22H27N3O3. The first-order valence-corrected chi connectivity index (χ1v) is 10.4. The third-order valence-corrected chi connectivity index (χ3v) is 7.01. The molecule has 3 aliphatic heterocycles. The molecule has 0 radical (unpaired) electrons. The Kier molecular flexibility index (Phi) is 4.02. The SMILES string of the molecule is CCOC(=O)C1=NOC23c4[nH]c5ccccc5c4CCN2CCCC3(CC)C1. The second-order valence-electron chi connectivity index (χ2n) is 8.17. The Morgan fingerprint density at radius 3 is 3.00 bits per heavy atom. The van der Waals surface area contributed by atoms with Crippen LogP contribution in [0.2, 0.25) is 0 Å². The average molecular weight is 381 g/mol. The minimum absolute atomic E-state index is 0.203. The molecule has 2 aromatic rings. The van der Waals surface area contributed by atoms with Gasteiger partial charge in [-0.05, 0) is 44.2 Å². The first-order chi connectivity index (χ1) is 13.6. The Balaban J connectivity index is 1.71. The lowest BCUT2D eigenvalue weighted by Gasteiger charge is -2.59. The number of rotatable bonds is 3. The van der Waals surface area contributed by atoms with Crippen LogP contribution in [0.25, 0.3) is 10.9 Å². The van der Waals surface area contributed by atoms with Crippen LogP contribution >= 0.6 is 0 Å². The maximum absolute atomic E-state index is 12.4. The molecule has 0 aliphatic carbocycles. The van der Waals surface area contributed by atoms with Gasteiger partial charge in [0.2, 0.25) is 5.72 Å². The van der Waals surface area contributed by atoms with Gasteiger partial charge in [0.1, 0.15) is 0 Å². The predicted molar refractivity (Wildman–Crippen MR) is 107 cm³/mol. The molecule has 1 aromatic carbocycles. The van der Waals surface area contributed by atoms with Crippen molar-refractivity contribution in [2.24, 2.45) is 10.6 Å². The van der Waals surface area contributed by atoms with Crippen LogP contribution in [0.1, 0.15) is 50.8 Å². The van der Waals surface area contributed by atoms with Crippen molar-refractivity contribution in [3.05, 3.63) is 35.5 Å². The molecule has 1 N–H and O–H groups in total. The standard InChI is InChI=1S/C22H27N3O3/c1-3-21-11-7-12-25-13-10-16-15-8-5-6-9-17(15)23-19(16)22(21,25)28-24-18(14-21)20(26)27-4-2/h5-6,8-9,23H,3-4,7,10-14H2,1-2H3. The summed E-state index contributed by atoms with van der Waals surface area (Å²) in [6, 6.07) is 8.46. The van der Waals surface area contributed by atoms with Crippen molar-refractivity contribution < 1.29 is 14.4 Å². The number of benzene rings is 1. The zero-order valence-electron chi connectivity index (χ0n) is 16.6. The monoisotopic (exact) mass is 381 g/mol. The number of H-pyrrole nitrogens is 1. The molecule has 4 heterocycles. The minimum atomic E-state index is -0.636. The number of aromatic amines is 1.